The Morgan fingerprint density at radius 1 is 1.29 bits per heavy atom. The fourth-order valence-electron chi connectivity index (χ4n) is 1.65. The van der Waals surface area contributed by atoms with Gasteiger partial charge in [-0.25, -0.2) is 4.79 Å². The quantitative estimate of drug-likeness (QED) is 0.830. The molecule has 1 aliphatic heterocycles. The van der Waals surface area contributed by atoms with Gasteiger partial charge in [0.1, 0.15) is 0 Å². The van der Waals surface area contributed by atoms with Gasteiger partial charge in [0.05, 0.1) is 6.61 Å². The molecule has 0 aromatic heterocycles. The molecule has 2 amide bonds. The number of halogens is 3. The Kier molecular flexibility index (Phi) is 4.12. The van der Waals surface area contributed by atoms with Gasteiger partial charge < -0.3 is 19.5 Å². The van der Waals surface area contributed by atoms with Crippen LogP contribution in [0.2, 0.25) is 0 Å². The first-order valence-corrected chi connectivity index (χ1v) is 5.97. The second kappa shape index (κ2) is 5.68. The second-order valence-electron chi connectivity index (χ2n) is 4.14. The minimum absolute atomic E-state index is 0.0449. The van der Waals surface area contributed by atoms with E-state index >= 15 is 0 Å². The third-order valence-corrected chi connectivity index (χ3v) is 2.60. The molecule has 0 fully saturated rings. The number of urea groups is 1. The van der Waals surface area contributed by atoms with Gasteiger partial charge in [0, 0.05) is 13.7 Å². The van der Waals surface area contributed by atoms with Crippen molar-refractivity contribution in [2.75, 3.05) is 20.3 Å². The summed E-state index contributed by atoms with van der Waals surface area (Å²) in [6.07, 6.45) is -4.97. The molecule has 0 atom stereocenters. The molecular weight excluding hydrogens is 293 g/mol. The summed E-state index contributed by atoms with van der Waals surface area (Å²) < 4.78 is 53.9. The fraction of sp³-hybridized carbons (Fsp3) is 0.417. The lowest BCUT2D eigenvalue weighted by Crippen LogP contribution is -2.66. The van der Waals surface area contributed by atoms with Crippen LogP contribution in [-0.2, 0) is 4.74 Å². The highest BCUT2D eigenvalue weighted by Gasteiger charge is 2.65. The van der Waals surface area contributed by atoms with Gasteiger partial charge in [0.2, 0.25) is 0 Å². The topological polar surface area (TPSA) is 68.8 Å². The summed E-state index contributed by atoms with van der Waals surface area (Å²) in [4.78, 5) is 11.5. The lowest BCUT2D eigenvalue weighted by atomic mass is 10.3. The number of hydrogen-bond acceptors (Lipinski definition) is 4. The molecule has 0 saturated carbocycles. The van der Waals surface area contributed by atoms with Crippen molar-refractivity contribution in [1.82, 2.24) is 10.6 Å². The summed E-state index contributed by atoms with van der Waals surface area (Å²) in [6, 6.07) is 4.53. The highest BCUT2D eigenvalue weighted by Crippen LogP contribution is 2.44. The number of benzene rings is 1. The zero-order chi connectivity index (χ0) is 15.5. The number of para-hydroxylation sites is 2. The summed E-state index contributed by atoms with van der Waals surface area (Å²) in [5.41, 5.74) is 0. The molecule has 0 aliphatic carbocycles. The molecule has 1 aromatic rings. The average molecular weight is 306 g/mol. The SMILES string of the molecule is COCCNC(=O)NC1(C(F)(F)F)Oc2ccccc2O1. The Labute approximate surface area is 118 Å². The molecule has 0 saturated heterocycles. The molecule has 0 radical (unpaired) electrons. The van der Waals surface area contributed by atoms with Gasteiger partial charge in [-0.2, -0.15) is 13.2 Å². The molecule has 9 heteroatoms. The number of fused-ring (bicyclic) bond motifs is 1. The van der Waals surface area contributed by atoms with E-state index in [4.69, 9.17) is 9.47 Å². The van der Waals surface area contributed by atoms with E-state index in [2.05, 4.69) is 10.1 Å². The minimum Gasteiger partial charge on any atom is -0.424 e. The van der Waals surface area contributed by atoms with Crippen molar-refractivity contribution in [1.29, 1.82) is 0 Å². The number of nitrogens with one attached hydrogen (secondary N) is 2. The maximum Gasteiger partial charge on any atom is 0.492 e. The number of carbonyl (C=O) groups excluding carboxylic acids is 1. The monoisotopic (exact) mass is 306 g/mol. The van der Waals surface area contributed by atoms with Crippen LogP contribution in [0.3, 0.4) is 0 Å². The predicted molar refractivity (Wildman–Crippen MR) is 64.9 cm³/mol. The molecule has 0 unspecified atom stereocenters. The van der Waals surface area contributed by atoms with Crippen LogP contribution >= 0.6 is 0 Å². The normalized spacial score (nSPS) is 15.6. The number of amides is 2. The largest absolute Gasteiger partial charge is 0.492 e. The van der Waals surface area contributed by atoms with Crippen molar-refractivity contribution in [2.45, 2.75) is 12.1 Å². The number of carbonyl (C=O) groups is 1. The summed E-state index contributed by atoms with van der Waals surface area (Å²) in [5, 5.41) is 3.86. The van der Waals surface area contributed by atoms with Crippen molar-refractivity contribution >= 4 is 6.03 Å². The van der Waals surface area contributed by atoms with Crippen molar-refractivity contribution in [3.63, 3.8) is 0 Å². The average Bonchev–Trinajstić information content (AvgIpc) is 2.77. The number of ether oxygens (including phenoxy) is 3. The molecule has 1 heterocycles. The molecule has 21 heavy (non-hydrogen) atoms. The third kappa shape index (κ3) is 3.13. The summed E-state index contributed by atoms with van der Waals surface area (Å²) in [7, 11) is 1.40. The maximum atomic E-state index is 13.2. The number of alkyl halides is 3. The molecule has 6 nitrogen and oxygen atoms in total. The standard InChI is InChI=1S/C12H13F3N2O4/c1-19-7-6-16-10(18)17-12(11(13,14)15)20-8-4-2-3-5-9(8)21-12/h2-5H,6-7H2,1H3,(H2,16,17,18). The Balaban J connectivity index is 2.13. The molecule has 0 bridgehead atoms. The summed E-state index contributed by atoms with van der Waals surface area (Å²) >= 11 is 0. The molecule has 116 valence electrons. The molecule has 2 N–H and O–H groups in total. The van der Waals surface area contributed by atoms with Crippen molar-refractivity contribution in [3.05, 3.63) is 24.3 Å². The maximum absolute atomic E-state index is 13.2. The van der Waals surface area contributed by atoms with E-state index < -0.39 is 18.1 Å². The smallest absolute Gasteiger partial charge is 0.424 e. The van der Waals surface area contributed by atoms with Crippen molar-refractivity contribution in [3.8, 4) is 11.5 Å². The Morgan fingerprint density at radius 3 is 2.33 bits per heavy atom. The van der Waals surface area contributed by atoms with Crippen LogP contribution < -0.4 is 20.1 Å². The first-order chi connectivity index (χ1) is 9.88. The highest BCUT2D eigenvalue weighted by molar-refractivity contribution is 5.74. The van der Waals surface area contributed by atoms with E-state index in [1.807, 2.05) is 0 Å². The fourth-order valence-corrected chi connectivity index (χ4v) is 1.65. The summed E-state index contributed by atoms with van der Waals surface area (Å²) in [5.74, 6) is -3.45. The lowest BCUT2D eigenvalue weighted by molar-refractivity contribution is -0.317. The Morgan fingerprint density at radius 2 is 1.86 bits per heavy atom. The van der Waals surface area contributed by atoms with Gasteiger partial charge >= 0.3 is 18.1 Å². The van der Waals surface area contributed by atoms with Crippen LogP contribution in [0.5, 0.6) is 11.5 Å². The van der Waals surface area contributed by atoms with Crippen molar-refractivity contribution in [2.24, 2.45) is 0 Å². The van der Waals surface area contributed by atoms with Crippen LogP contribution in [0, 0.1) is 0 Å². The molecule has 2 rings (SSSR count). The van der Waals surface area contributed by atoms with Crippen LogP contribution in [0.4, 0.5) is 18.0 Å². The van der Waals surface area contributed by atoms with E-state index in [1.54, 1.807) is 5.32 Å². The van der Waals surface area contributed by atoms with Gasteiger partial charge in [-0.3, -0.25) is 5.32 Å². The third-order valence-electron chi connectivity index (χ3n) is 2.60. The van der Waals surface area contributed by atoms with Crippen LogP contribution in [0.1, 0.15) is 0 Å². The van der Waals surface area contributed by atoms with Gasteiger partial charge in [-0.05, 0) is 12.1 Å². The van der Waals surface area contributed by atoms with Gasteiger partial charge in [0.25, 0.3) is 0 Å². The molecule has 1 aliphatic rings. The van der Waals surface area contributed by atoms with E-state index in [0.717, 1.165) is 0 Å². The first kappa shape index (κ1) is 15.2. The summed E-state index contributed by atoms with van der Waals surface area (Å²) in [6.45, 7) is 0.206. The molecule has 0 spiro atoms. The first-order valence-electron chi connectivity index (χ1n) is 5.97. The highest BCUT2D eigenvalue weighted by atomic mass is 19.4. The van der Waals surface area contributed by atoms with E-state index in [-0.39, 0.29) is 24.7 Å². The lowest BCUT2D eigenvalue weighted by Gasteiger charge is -2.29. The predicted octanol–water partition coefficient (Wildman–Crippen LogP) is 1.62. The van der Waals surface area contributed by atoms with Gasteiger partial charge in [-0.1, -0.05) is 12.1 Å². The second-order valence-corrected chi connectivity index (χ2v) is 4.14. The van der Waals surface area contributed by atoms with Crippen LogP contribution in [0.25, 0.3) is 0 Å². The molecular formula is C12H13F3N2O4. The van der Waals surface area contributed by atoms with Crippen LogP contribution in [0.15, 0.2) is 24.3 Å². The minimum atomic E-state index is -4.97. The molecule has 1 aromatic carbocycles. The Hall–Kier alpha value is -2.16. The van der Waals surface area contributed by atoms with Crippen LogP contribution in [-0.4, -0.2) is 38.4 Å². The van der Waals surface area contributed by atoms with E-state index in [1.165, 1.54) is 31.4 Å². The van der Waals surface area contributed by atoms with Gasteiger partial charge in [0.15, 0.2) is 11.5 Å². The van der Waals surface area contributed by atoms with Crippen molar-refractivity contribution < 1.29 is 32.2 Å². The van der Waals surface area contributed by atoms with Gasteiger partial charge in [-0.15, -0.1) is 0 Å². The zero-order valence-corrected chi connectivity index (χ0v) is 11.0. The van der Waals surface area contributed by atoms with E-state index in [9.17, 15) is 18.0 Å². The Bertz CT molecular complexity index is 496. The number of hydrogen-bond donors (Lipinski definition) is 2. The van der Waals surface area contributed by atoms with E-state index in [0.29, 0.717) is 0 Å². The number of rotatable bonds is 4. The zero-order valence-electron chi connectivity index (χ0n) is 11.0. The number of methoxy groups -OCH3 is 1.